The summed E-state index contributed by atoms with van der Waals surface area (Å²) in [6.45, 7) is 4.89. The molecule has 2 aliphatic rings. The molecule has 0 radical (unpaired) electrons. The summed E-state index contributed by atoms with van der Waals surface area (Å²) < 4.78 is 7.48. The van der Waals surface area contributed by atoms with Crippen molar-refractivity contribution in [2.24, 2.45) is 5.92 Å². The Labute approximate surface area is 182 Å². The van der Waals surface area contributed by atoms with Crippen molar-refractivity contribution < 1.29 is 14.0 Å². The maximum atomic E-state index is 13.7. The van der Waals surface area contributed by atoms with Crippen molar-refractivity contribution in [1.29, 1.82) is 0 Å². The van der Waals surface area contributed by atoms with Gasteiger partial charge >= 0.3 is 0 Å². The van der Waals surface area contributed by atoms with E-state index in [0.29, 0.717) is 30.3 Å². The maximum absolute atomic E-state index is 13.7. The van der Waals surface area contributed by atoms with Crippen LogP contribution in [0.15, 0.2) is 53.1 Å². The number of carbonyl (C=O) groups is 2. The summed E-state index contributed by atoms with van der Waals surface area (Å²) in [5, 5.41) is 3.31. The average Bonchev–Trinajstić information content (AvgIpc) is 3.36. The molecule has 162 valence electrons. The number of carbonyl (C=O) groups excluding carboxylic acids is 2. The molecule has 31 heavy (non-hydrogen) atoms. The van der Waals surface area contributed by atoms with E-state index in [2.05, 4.69) is 12.2 Å². The van der Waals surface area contributed by atoms with Gasteiger partial charge in [0.05, 0.1) is 18.3 Å². The lowest BCUT2D eigenvalue weighted by atomic mass is 9.85. The first-order chi connectivity index (χ1) is 15.0. The largest absolute Gasteiger partial charge is 0.463 e. The Morgan fingerprint density at radius 3 is 2.74 bits per heavy atom. The van der Waals surface area contributed by atoms with Crippen molar-refractivity contribution in [3.05, 3.63) is 60.0 Å². The van der Waals surface area contributed by atoms with E-state index in [0.717, 1.165) is 30.3 Å². The molecule has 1 saturated carbocycles. The Balaban J connectivity index is 1.53. The van der Waals surface area contributed by atoms with Gasteiger partial charge in [-0.05, 0) is 31.2 Å². The maximum Gasteiger partial charge on any atom is 0.271 e. The van der Waals surface area contributed by atoms with E-state index in [1.165, 1.54) is 6.42 Å². The van der Waals surface area contributed by atoms with Crippen LogP contribution in [0.1, 0.15) is 55.6 Å². The molecule has 3 aromatic rings. The number of amides is 2. The highest BCUT2D eigenvalue weighted by atomic mass is 16.3. The van der Waals surface area contributed by atoms with Crippen molar-refractivity contribution >= 4 is 22.9 Å². The van der Waals surface area contributed by atoms with Gasteiger partial charge < -0.3 is 19.2 Å². The number of nitrogens with one attached hydrogen (secondary N) is 1. The van der Waals surface area contributed by atoms with Crippen LogP contribution in [-0.2, 0) is 17.9 Å². The number of hydrogen-bond donors (Lipinski definition) is 1. The Bertz CT molecular complexity index is 1120. The van der Waals surface area contributed by atoms with Crippen LogP contribution >= 0.6 is 0 Å². The highest BCUT2D eigenvalue weighted by molar-refractivity contribution is 6.02. The predicted molar refractivity (Wildman–Crippen MR) is 118 cm³/mol. The third-order valence-corrected chi connectivity index (χ3v) is 7.15. The van der Waals surface area contributed by atoms with Crippen LogP contribution in [0.4, 0.5) is 0 Å². The Morgan fingerprint density at radius 1 is 1.19 bits per heavy atom. The zero-order valence-electron chi connectivity index (χ0n) is 18.1. The number of benzene rings is 1. The summed E-state index contributed by atoms with van der Waals surface area (Å²) in [6, 6.07) is 13.7. The molecular formula is C25H29N3O3. The van der Waals surface area contributed by atoms with E-state index in [1.807, 2.05) is 47.9 Å². The monoisotopic (exact) mass is 419 g/mol. The lowest BCUT2D eigenvalue weighted by Crippen LogP contribution is -2.65. The van der Waals surface area contributed by atoms with Gasteiger partial charge in [-0.25, -0.2) is 0 Å². The van der Waals surface area contributed by atoms with Crippen molar-refractivity contribution in [3.8, 4) is 0 Å². The van der Waals surface area contributed by atoms with Gasteiger partial charge in [-0.2, -0.15) is 0 Å². The molecule has 1 aromatic carbocycles. The third-order valence-electron chi connectivity index (χ3n) is 7.15. The summed E-state index contributed by atoms with van der Waals surface area (Å²) in [7, 11) is 0. The highest BCUT2D eigenvalue weighted by Crippen LogP contribution is 2.34. The van der Waals surface area contributed by atoms with Gasteiger partial charge in [-0.15, -0.1) is 0 Å². The highest BCUT2D eigenvalue weighted by Gasteiger charge is 2.48. The summed E-state index contributed by atoms with van der Waals surface area (Å²) >= 11 is 0. The fourth-order valence-corrected chi connectivity index (χ4v) is 5.14. The molecule has 0 spiro atoms. The van der Waals surface area contributed by atoms with E-state index in [9.17, 15) is 9.59 Å². The van der Waals surface area contributed by atoms with Gasteiger partial charge in [-0.1, -0.05) is 50.1 Å². The first-order valence-corrected chi connectivity index (χ1v) is 11.2. The van der Waals surface area contributed by atoms with Crippen LogP contribution in [0.2, 0.25) is 0 Å². The molecule has 2 amide bonds. The molecule has 2 aromatic heterocycles. The van der Waals surface area contributed by atoms with Crippen LogP contribution in [0, 0.1) is 5.92 Å². The molecule has 0 bridgehead atoms. The van der Waals surface area contributed by atoms with Crippen molar-refractivity contribution in [1.82, 2.24) is 14.8 Å². The van der Waals surface area contributed by atoms with Crippen molar-refractivity contribution in [2.45, 2.75) is 64.2 Å². The molecule has 1 N–H and O–H groups in total. The van der Waals surface area contributed by atoms with Crippen LogP contribution in [0.5, 0.6) is 0 Å². The van der Waals surface area contributed by atoms with Crippen LogP contribution in [-0.4, -0.2) is 32.9 Å². The first-order valence-electron chi connectivity index (χ1n) is 11.2. The van der Waals surface area contributed by atoms with Gasteiger partial charge in [0.25, 0.3) is 5.91 Å². The second-order valence-electron chi connectivity index (χ2n) is 9.28. The summed E-state index contributed by atoms with van der Waals surface area (Å²) in [5.41, 5.74) is 2.10. The minimum absolute atomic E-state index is 0.0773. The molecule has 0 saturated heterocycles. The Hall–Kier alpha value is -3.02. The van der Waals surface area contributed by atoms with Crippen LogP contribution in [0.3, 0.4) is 0 Å². The molecular weight excluding hydrogens is 390 g/mol. The van der Waals surface area contributed by atoms with E-state index < -0.39 is 5.54 Å². The fraction of sp³-hybridized carbons (Fsp3) is 0.440. The lowest BCUT2D eigenvalue weighted by Gasteiger charge is -2.45. The predicted octanol–water partition coefficient (Wildman–Crippen LogP) is 4.34. The van der Waals surface area contributed by atoms with Gasteiger partial charge in [0.2, 0.25) is 5.91 Å². The second kappa shape index (κ2) is 7.59. The molecule has 3 heterocycles. The normalized spacial score (nSPS) is 26.1. The molecule has 0 unspecified atom stereocenters. The number of hydrogen-bond acceptors (Lipinski definition) is 3. The SMILES string of the molecule is C[C@@H]1CCCC[C@H]1NC(=O)[C@]1(C)Cn2c(cc3occc32)C(=O)N1Cc1ccccc1. The number of furan rings is 1. The Kier molecular flexibility index (Phi) is 4.88. The van der Waals surface area contributed by atoms with Gasteiger partial charge in [-0.3, -0.25) is 9.59 Å². The molecule has 1 aliphatic heterocycles. The van der Waals surface area contributed by atoms with Crippen LogP contribution < -0.4 is 5.32 Å². The second-order valence-corrected chi connectivity index (χ2v) is 9.28. The van der Waals surface area contributed by atoms with E-state index in [1.54, 1.807) is 17.2 Å². The number of aromatic nitrogens is 1. The lowest BCUT2D eigenvalue weighted by molar-refractivity contribution is -0.134. The zero-order chi connectivity index (χ0) is 21.6. The molecule has 1 fully saturated rings. The average molecular weight is 420 g/mol. The smallest absolute Gasteiger partial charge is 0.271 e. The summed E-state index contributed by atoms with van der Waals surface area (Å²) in [6.07, 6.45) is 6.10. The van der Waals surface area contributed by atoms with Gasteiger partial charge in [0.15, 0.2) is 5.58 Å². The number of fused-ring (bicyclic) bond motifs is 3. The third kappa shape index (κ3) is 3.34. The number of nitrogens with zero attached hydrogens (tertiary/aromatic N) is 2. The summed E-state index contributed by atoms with van der Waals surface area (Å²) in [4.78, 5) is 29.1. The molecule has 3 atom stereocenters. The minimum Gasteiger partial charge on any atom is -0.463 e. The topological polar surface area (TPSA) is 67.5 Å². The summed E-state index contributed by atoms with van der Waals surface area (Å²) in [5.74, 6) is 0.230. The van der Waals surface area contributed by atoms with E-state index in [-0.39, 0.29) is 17.9 Å². The molecule has 1 aliphatic carbocycles. The standard InChI is InChI=1S/C25H29N3O3/c1-17-8-6-7-11-19(17)26-24(30)25(2)16-27-20-12-13-31-22(20)14-21(27)23(29)28(25)15-18-9-4-3-5-10-18/h3-5,9-10,12-14,17,19H,6-8,11,15-16H2,1-2H3,(H,26,30)/t17-,19-,25+/m1/s1. The first kappa shape index (κ1) is 19.9. The minimum atomic E-state index is -1.000. The van der Waals surface area contributed by atoms with Gasteiger partial charge in [0, 0.05) is 24.7 Å². The Morgan fingerprint density at radius 2 is 1.97 bits per heavy atom. The molecule has 6 nitrogen and oxygen atoms in total. The van der Waals surface area contributed by atoms with Crippen LogP contribution in [0.25, 0.3) is 11.1 Å². The fourth-order valence-electron chi connectivity index (χ4n) is 5.14. The quantitative estimate of drug-likeness (QED) is 0.684. The molecule has 6 heteroatoms. The van der Waals surface area contributed by atoms with Crippen molar-refractivity contribution in [3.63, 3.8) is 0 Å². The van der Waals surface area contributed by atoms with Crippen molar-refractivity contribution in [2.75, 3.05) is 0 Å². The van der Waals surface area contributed by atoms with E-state index >= 15 is 0 Å². The zero-order valence-corrected chi connectivity index (χ0v) is 18.1. The van der Waals surface area contributed by atoms with Gasteiger partial charge in [0.1, 0.15) is 11.2 Å². The van der Waals surface area contributed by atoms with E-state index in [4.69, 9.17) is 4.42 Å². The number of rotatable bonds is 4. The molecule has 5 rings (SSSR count).